The van der Waals surface area contributed by atoms with Gasteiger partial charge in [-0.3, -0.25) is 19.4 Å². The number of carbonyl (C=O) groups excluding carboxylic acids is 3. The second kappa shape index (κ2) is 7.05. The zero-order valence-corrected chi connectivity index (χ0v) is 17.5. The van der Waals surface area contributed by atoms with Crippen LogP contribution in [0.2, 0.25) is 0 Å². The van der Waals surface area contributed by atoms with Crippen molar-refractivity contribution in [1.29, 1.82) is 0 Å². The summed E-state index contributed by atoms with van der Waals surface area (Å²) in [6, 6.07) is 5.35. The number of nitrogens with one attached hydrogen (secondary N) is 2. The van der Waals surface area contributed by atoms with Crippen LogP contribution in [0.3, 0.4) is 0 Å². The first kappa shape index (κ1) is 20.1. The Labute approximate surface area is 169 Å². The van der Waals surface area contributed by atoms with Crippen LogP contribution < -0.4 is 15.5 Å². The van der Waals surface area contributed by atoms with Gasteiger partial charge < -0.3 is 15.5 Å². The van der Waals surface area contributed by atoms with Crippen molar-refractivity contribution in [3.63, 3.8) is 0 Å². The van der Waals surface area contributed by atoms with E-state index in [0.717, 1.165) is 26.7 Å². The lowest BCUT2D eigenvalue weighted by Gasteiger charge is -2.46. The van der Waals surface area contributed by atoms with E-state index >= 15 is 0 Å². The number of benzene rings is 1. The monoisotopic (exact) mass is 403 g/mol. The van der Waals surface area contributed by atoms with Gasteiger partial charge in [0, 0.05) is 45.1 Å². The Morgan fingerprint density at radius 3 is 2.29 bits per heavy atom. The fourth-order valence-corrected chi connectivity index (χ4v) is 4.25. The number of hydrogen-bond acceptors (Lipinski definition) is 5. The molecule has 9 heteroatoms. The highest BCUT2D eigenvalue weighted by molar-refractivity contribution is 7.80. The number of hydrogen-bond donors (Lipinski definition) is 2. The zero-order chi connectivity index (χ0) is 20.8. The second-order valence-electron chi connectivity index (χ2n) is 7.72. The minimum Gasteiger partial charge on any atom is -0.373 e. The van der Waals surface area contributed by atoms with E-state index < -0.39 is 23.3 Å². The summed E-state index contributed by atoms with van der Waals surface area (Å²) in [6.45, 7) is 4.21. The average Bonchev–Trinajstić information content (AvgIpc) is 2.62. The van der Waals surface area contributed by atoms with Gasteiger partial charge in [-0.2, -0.15) is 0 Å². The molecule has 1 aromatic rings. The Kier molecular flexibility index (Phi) is 5.05. The molecule has 1 fully saturated rings. The highest BCUT2D eigenvalue weighted by atomic mass is 32.1. The van der Waals surface area contributed by atoms with Crippen LogP contribution >= 0.6 is 12.2 Å². The van der Waals surface area contributed by atoms with E-state index in [0.29, 0.717) is 5.11 Å². The van der Waals surface area contributed by atoms with E-state index in [-0.39, 0.29) is 19.0 Å². The summed E-state index contributed by atoms with van der Waals surface area (Å²) in [7, 11) is 4.67. The van der Waals surface area contributed by atoms with Gasteiger partial charge in [0.2, 0.25) is 11.8 Å². The van der Waals surface area contributed by atoms with Crippen molar-refractivity contribution in [3.8, 4) is 0 Å². The summed E-state index contributed by atoms with van der Waals surface area (Å²) in [5, 5.41) is 6.76. The van der Waals surface area contributed by atoms with Gasteiger partial charge in [-0.15, -0.1) is 0 Å². The van der Waals surface area contributed by atoms with Gasteiger partial charge in [-0.1, -0.05) is 0 Å². The lowest BCUT2D eigenvalue weighted by molar-refractivity contribution is -0.156. The van der Waals surface area contributed by atoms with Crippen LogP contribution in [0.5, 0.6) is 0 Å². The van der Waals surface area contributed by atoms with Gasteiger partial charge in [-0.25, -0.2) is 4.79 Å². The molecule has 2 N–H and O–H groups in total. The third kappa shape index (κ3) is 3.19. The zero-order valence-electron chi connectivity index (χ0n) is 16.7. The predicted octanol–water partition coefficient (Wildman–Crippen LogP) is 1.41. The van der Waals surface area contributed by atoms with Crippen molar-refractivity contribution in [2.75, 3.05) is 37.9 Å². The number of imide groups is 2. The SMILES string of the molecule is CC(C)NC(=S)Nc1ccc2c(c1)CC1(CN2C)C(=O)N(C)C(=O)N(C)C1=O. The van der Waals surface area contributed by atoms with E-state index in [2.05, 4.69) is 10.6 Å². The molecule has 0 bridgehead atoms. The molecule has 8 nitrogen and oxygen atoms in total. The molecule has 0 radical (unpaired) electrons. The van der Waals surface area contributed by atoms with E-state index in [4.69, 9.17) is 12.2 Å². The summed E-state index contributed by atoms with van der Waals surface area (Å²) in [4.78, 5) is 42.1. The lowest BCUT2D eigenvalue weighted by atomic mass is 9.74. The maximum absolute atomic E-state index is 13.0. The van der Waals surface area contributed by atoms with Crippen LogP contribution in [-0.2, 0) is 16.0 Å². The summed E-state index contributed by atoms with van der Waals surface area (Å²) in [6.07, 6.45) is 0.228. The molecular weight excluding hydrogens is 378 g/mol. The number of amides is 4. The van der Waals surface area contributed by atoms with E-state index in [9.17, 15) is 14.4 Å². The Bertz CT molecular complexity index is 845. The number of rotatable bonds is 2. The Morgan fingerprint density at radius 1 is 1.11 bits per heavy atom. The second-order valence-corrected chi connectivity index (χ2v) is 8.13. The maximum Gasteiger partial charge on any atom is 0.332 e. The number of carbonyl (C=O) groups is 3. The first-order chi connectivity index (χ1) is 13.1. The van der Waals surface area contributed by atoms with Crippen molar-refractivity contribution >= 4 is 46.6 Å². The van der Waals surface area contributed by atoms with Crippen LogP contribution in [0.15, 0.2) is 18.2 Å². The molecule has 150 valence electrons. The van der Waals surface area contributed by atoms with Crippen molar-refractivity contribution < 1.29 is 14.4 Å². The van der Waals surface area contributed by atoms with Crippen LogP contribution in [0, 0.1) is 5.41 Å². The summed E-state index contributed by atoms with van der Waals surface area (Å²) >= 11 is 5.30. The Balaban J connectivity index is 1.95. The highest BCUT2D eigenvalue weighted by Gasteiger charge is 2.57. The van der Waals surface area contributed by atoms with Gasteiger partial charge in [0.1, 0.15) is 0 Å². The lowest BCUT2D eigenvalue weighted by Crippen LogP contribution is -2.67. The van der Waals surface area contributed by atoms with Gasteiger partial charge in [0.05, 0.1) is 0 Å². The molecule has 0 unspecified atom stereocenters. The minimum atomic E-state index is -1.31. The molecule has 4 amide bonds. The van der Waals surface area contributed by atoms with Crippen molar-refractivity contribution in [2.24, 2.45) is 5.41 Å². The number of nitrogens with zero attached hydrogens (tertiary/aromatic N) is 3. The Hall–Kier alpha value is -2.68. The first-order valence-corrected chi connectivity index (χ1v) is 9.49. The largest absolute Gasteiger partial charge is 0.373 e. The van der Waals surface area contributed by atoms with Crippen molar-refractivity contribution in [3.05, 3.63) is 23.8 Å². The quantitative estimate of drug-likeness (QED) is 0.570. The molecule has 2 aliphatic rings. The summed E-state index contributed by atoms with van der Waals surface area (Å²) in [5.41, 5.74) is 1.26. The molecule has 0 atom stereocenters. The topological polar surface area (TPSA) is 85.0 Å². The van der Waals surface area contributed by atoms with Crippen LogP contribution in [0.4, 0.5) is 16.2 Å². The molecule has 0 saturated carbocycles. The van der Waals surface area contributed by atoms with E-state index in [1.54, 1.807) is 0 Å². The fraction of sp³-hybridized carbons (Fsp3) is 0.474. The predicted molar refractivity (Wildman–Crippen MR) is 111 cm³/mol. The van der Waals surface area contributed by atoms with E-state index in [1.807, 2.05) is 44.0 Å². The van der Waals surface area contributed by atoms with E-state index in [1.165, 1.54) is 14.1 Å². The summed E-state index contributed by atoms with van der Waals surface area (Å²) < 4.78 is 0. The molecule has 2 heterocycles. The smallest absolute Gasteiger partial charge is 0.332 e. The number of anilines is 2. The third-order valence-electron chi connectivity index (χ3n) is 5.17. The molecular formula is C19H25N5O3S. The maximum atomic E-state index is 13.0. The third-order valence-corrected chi connectivity index (χ3v) is 5.39. The molecule has 2 aliphatic heterocycles. The molecule has 1 saturated heterocycles. The van der Waals surface area contributed by atoms with Crippen LogP contribution in [0.25, 0.3) is 0 Å². The number of barbiturate groups is 1. The van der Waals surface area contributed by atoms with Crippen molar-refractivity contribution in [1.82, 2.24) is 15.1 Å². The average molecular weight is 404 g/mol. The molecule has 0 aromatic heterocycles. The van der Waals surface area contributed by atoms with Gasteiger partial charge in [0.15, 0.2) is 10.5 Å². The van der Waals surface area contributed by atoms with Crippen LogP contribution in [0.1, 0.15) is 19.4 Å². The minimum absolute atomic E-state index is 0.202. The summed E-state index contributed by atoms with van der Waals surface area (Å²) in [5.74, 6) is -0.929. The Morgan fingerprint density at radius 2 is 1.71 bits per heavy atom. The van der Waals surface area contributed by atoms with Crippen molar-refractivity contribution in [2.45, 2.75) is 26.3 Å². The van der Waals surface area contributed by atoms with Crippen LogP contribution in [-0.4, -0.2) is 66.5 Å². The first-order valence-electron chi connectivity index (χ1n) is 9.08. The van der Waals surface area contributed by atoms with Gasteiger partial charge in [0.25, 0.3) is 0 Å². The highest BCUT2D eigenvalue weighted by Crippen LogP contribution is 2.41. The molecule has 1 aromatic carbocycles. The standard InChI is InChI=1S/C19H25N5O3S/c1-11(2)20-17(28)21-13-6-7-14-12(8-13)9-19(10-22(14)3)15(25)23(4)18(27)24(5)16(19)26/h6-8,11H,9-10H2,1-5H3,(H2,20,21,28). The molecule has 0 aliphatic carbocycles. The molecule has 1 spiro atoms. The molecule has 3 rings (SSSR count). The van der Waals surface area contributed by atoms with Gasteiger partial charge in [-0.05, 0) is 56.2 Å². The molecule has 28 heavy (non-hydrogen) atoms. The normalized spacial score (nSPS) is 18.6. The number of fused-ring (bicyclic) bond motifs is 1. The number of urea groups is 1. The number of thiocarbonyl (C=S) groups is 1. The van der Waals surface area contributed by atoms with Gasteiger partial charge >= 0.3 is 6.03 Å². The fourth-order valence-electron chi connectivity index (χ4n) is 3.90.